The Bertz CT molecular complexity index is 525. The molecule has 2 rings (SSSR count). The minimum atomic E-state index is -3.31. The molecule has 6 heteroatoms. The van der Waals surface area contributed by atoms with Gasteiger partial charge < -0.3 is 5.32 Å². The molecule has 0 bridgehead atoms. The summed E-state index contributed by atoms with van der Waals surface area (Å²) in [7, 11) is -1.38. The van der Waals surface area contributed by atoms with E-state index in [1.54, 1.807) is 22.5 Å². The third-order valence-corrected chi connectivity index (χ3v) is 6.07. The maximum Gasteiger partial charge on any atom is 0.243 e. The molecule has 1 aromatic carbocycles. The van der Waals surface area contributed by atoms with Crippen molar-refractivity contribution in [3.63, 3.8) is 0 Å². The Morgan fingerprint density at radius 3 is 2.63 bits per heavy atom. The lowest BCUT2D eigenvalue weighted by Gasteiger charge is -2.31. The van der Waals surface area contributed by atoms with Gasteiger partial charge in [0.15, 0.2) is 0 Å². The number of sulfonamides is 1. The van der Waals surface area contributed by atoms with Crippen LogP contribution in [0.5, 0.6) is 0 Å². The molecule has 0 amide bonds. The van der Waals surface area contributed by atoms with Gasteiger partial charge in [-0.1, -0.05) is 6.07 Å². The Hall–Kier alpha value is -0.180. The van der Waals surface area contributed by atoms with E-state index in [0.717, 1.165) is 23.0 Å². The fourth-order valence-corrected chi connectivity index (χ4v) is 4.69. The summed E-state index contributed by atoms with van der Waals surface area (Å²) in [5.41, 5.74) is 0. The first-order valence-electron chi connectivity index (χ1n) is 6.44. The van der Waals surface area contributed by atoms with E-state index in [1.807, 2.05) is 13.1 Å². The Kier molecular flexibility index (Phi) is 5.22. The summed E-state index contributed by atoms with van der Waals surface area (Å²) < 4.78 is 27.6. The van der Waals surface area contributed by atoms with Crippen LogP contribution in [0.2, 0.25) is 0 Å². The third kappa shape index (κ3) is 3.68. The van der Waals surface area contributed by atoms with Crippen molar-refractivity contribution in [1.82, 2.24) is 9.62 Å². The molecule has 19 heavy (non-hydrogen) atoms. The number of nitrogens with zero attached hydrogens (tertiary/aromatic N) is 1. The predicted octanol–water partition coefficient (Wildman–Crippen LogP) is 1.91. The first kappa shape index (κ1) is 15.2. The lowest BCUT2D eigenvalue weighted by atomic mass is 9.98. The van der Waals surface area contributed by atoms with Gasteiger partial charge in [-0.2, -0.15) is 4.31 Å². The van der Waals surface area contributed by atoms with Crippen LogP contribution in [-0.4, -0.2) is 39.4 Å². The standard InChI is InChI=1S/C13H19IN2O2S/c1-15-10-11-5-7-16(8-6-11)19(17,18)13-4-2-3-12(14)9-13/h2-4,9,11,15H,5-8,10H2,1H3. The average Bonchev–Trinajstić information content (AvgIpc) is 2.40. The molecule has 1 heterocycles. The summed E-state index contributed by atoms with van der Waals surface area (Å²) >= 11 is 2.14. The quantitative estimate of drug-likeness (QED) is 0.794. The van der Waals surface area contributed by atoms with E-state index in [-0.39, 0.29) is 0 Å². The second-order valence-corrected chi connectivity index (χ2v) is 8.05. The third-order valence-electron chi connectivity index (χ3n) is 3.50. The molecule has 1 N–H and O–H groups in total. The number of hydrogen-bond acceptors (Lipinski definition) is 3. The molecule has 0 unspecified atom stereocenters. The van der Waals surface area contributed by atoms with Crippen LogP contribution in [0.4, 0.5) is 0 Å². The molecule has 106 valence electrons. The highest BCUT2D eigenvalue weighted by molar-refractivity contribution is 14.1. The Balaban J connectivity index is 2.10. The van der Waals surface area contributed by atoms with E-state index < -0.39 is 10.0 Å². The normalized spacial score (nSPS) is 18.6. The number of hydrogen-bond donors (Lipinski definition) is 1. The van der Waals surface area contributed by atoms with Crippen molar-refractivity contribution in [3.05, 3.63) is 27.8 Å². The Morgan fingerprint density at radius 2 is 2.05 bits per heavy atom. The second kappa shape index (κ2) is 6.51. The van der Waals surface area contributed by atoms with E-state index in [1.165, 1.54) is 0 Å². The van der Waals surface area contributed by atoms with E-state index in [4.69, 9.17) is 0 Å². The van der Waals surface area contributed by atoms with Crippen LogP contribution in [0, 0.1) is 9.49 Å². The van der Waals surface area contributed by atoms with Gasteiger partial charge in [0.2, 0.25) is 10.0 Å². The molecule has 1 aliphatic rings. The molecule has 0 saturated carbocycles. The average molecular weight is 394 g/mol. The van der Waals surface area contributed by atoms with Gasteiger partial charge >= 0.3 is 0 Å². The molecule has 1 fully saturated rings. The summed E-state index contributed by atoms with van der Waals surface area (Å²) in [5, 5.41) is 3.16. The van der Waals surface area contributed by atoms with Crippen molar-refractivity contribution in [2.75, 3.05) is 26.7 Å². The van der Waals surface area contributed by atoms with Crippen LogP contribution in [0.3, 0.4) is 0 Å². The summed E-state index contributed by atoms with van der Waals surface area (Å²) in [6.45, 7) is 2.22. The molecular formula is C13H19IN2O2S. The zero-order chi connectivity index (χ0) is 13.9. The fraction of sp³-hybridized carbons (Fsp3) is 0.538. The van der Waals surface area contributed by atoms with Crippen molar-refractivity contribution >= 4 is 32.6 Å². The highest BCUT2D eigenvalue weighted by Gasteiger charge is 2.29. The summed E-state index contributed by atoms with van der Waals surface area (Å²) in [6.07, 6.45) is 1.87. The zero-order valence-corrected chi connectivity index (χ0v) is 13.9. The van der Waals surface area contributed by atoms with E-state index in [9.17, 15) is 8.42 Å². The maximum absolute atomic E-state index is 12.5. The van der Waals surface area contributed by atoms with E-state index in [0.29, 0.717) is 23.9 Å². The number of benzene rings is 1. The van der Waals surface area contributed by atoms with Crippen molar-refractivity contribution in [3.8, 4) is 0 Å². The molecule has 0 radical (unpaired) electrons. The number of piperidine rings is 1. The van der Waals surface area contributed by atoms with Crippen LogP contribution in [0.25, 0.3) is 0 Å². The van der Waals surface area contributed by atoms with Crippen LogP contribution in [0.15, 0.2) is 29.2 Å². The SMILES string of the molecule is CNCC1CCN(S(=O)(=O)c2cccc(I)c2)CC1. The number of halogens is 1. The molecule has 0 atom stereocenters. The van der Waals surface area contributed by atoms with E-state index >= 15 is 0 Å². The number of rotatable bonds is 4. The van der Waals surface area contributed by atoms with Crippen LogP contribution in [-0.2, 0) is 10.0 Å². The molecular weight excluding hydrogens is 375 g/mol. The zero-order valence-electron chi connectivity index (χ0n) is 11.0. The van der Waals surface area contributed by atoms with Gasteiger partial charge in [-0.25, -0.2) is 8.42 Å². The molecule has 0 spiro atoms. The Morgan fingerprint density at radius 1 is 1.37 bits per heavy atom. The largest absolute Gasteiger partial charge is 0.319 e. The molecule has 1 aromatic rings. The summed E-state index contributed by atoms with van der Waals surface area (Å²) in [6, 6.07) is 7.11. The van der Waals surface area contributed by atoms with Crippen molar-refractivity contribution < 1.29 is 8.42 Å². The fourth-order valence-electron chi connectivity index (χ4n) is 2.42. The van der Waals surface area contributed by atoms with Gasteiger partial charge in [-0.15, -0.1) is 0 Å². The maximum atomic E-state index is 12.5. The van der Waals surface area contributed by atoms with Gasteiger partial charge in [-0.05, 0) is 73.1 Å². The van der Waals surface area contributed by atoms with Crippen molar-refractivity contribution in [2.45, 2.75) is 17.7 Å². The van der Waals surface area contributed by atoms with Crippen molar-refractivity contribution in [2.24, 2.45) is 5.92 Å². The topological polar surface area (TPSA) is 49.4 Å². The smallest absolute Gasteiger partial charge is 0.243 e. The monoisotopic (exact) mass is 394 g/mol. The van der Waals surface area contributed by atoms with Crippen LogP contribution >= 0.6 is 22.6 Å². The predicted molar refractivity (Wildman–Crippen MR) is 84.6 cm³/mol. The van der Waals surface area contributed by atoms with Crippen LogP contribution < -0.4 is 5.32 Å². The highest BCUT2D eigenvalue weighted by Crippen LogP contribution is 2.24. The molecule has 4 nitrogen and oxygen atoms in total. The Labute approximate surface area is 128 Å². The van der Waals surface area contributed by atoms with E-state index in [2.05, 4.69) is 27.9 Å². The van der Waals surface area contributed by atoms with Gasteiger partial charge in [-0.3, -0.25) is 0 Å². The minimum absolute atomic E-state index is 0.409. The first-order valence-corrected chi connectivity index (χ1v) is 8.96. The lowest BCUT2D eigenvalue weighted by Crippen LogP contribution is -2.40. The summed E-state index contributed by atoms with van der Waals surface area (Å²) in [5.74, 6) is 0.590. The lowest BCUT2D eigenvalue weighted by molar-refractivity contribution is 0.270. The highest BCUT2D eigenvalue weighted by atomic mass is 127. The second-order valence-electron chi connectivity index (χ2n) is 4.86. The van der Waals surface area contributed by atoms with Crippen molar-refractivity contribution in [1.29, 1.82) is 0 Å². The molecule has 0 aliphatic carbocycles. The summed E-state index contributed by atoms with van der Waals surface area (Å²) in [4.78, 5) is 0.409. The first-order chi connectivity index (χ1) is 9.04. The van der Waals surface area contributed by atoms with Gasteiger partial charge in [0, 0.05) is 16.7 Å². The molecule has 1 aliphatic heterocycles. The molecule has 0 aromatic heterocycles. The van der Waals surface area contributed by atoms with Gasteiger partial charge in [0.1, 0.15) is 0 Å². The van der Waals surface area contributed by atoms with Crippen LogP contribution in [0.1, 0.15) is 12.8 Å². The van der Waals surface area contributed by atoms with Gasteiger partial charge in [0.05, 0.1) is 4.90 Å². The van der Waals surface area contributed by atoms with Gasteiger partial charge in [0.25, 0.3) is 0 Å². The minimum Gasteiger partial charge on any atom is -0.319 e. The number of nitrogens with one attached hydrogen (secondary N) is 1. The molecule has 1 saturated heterocycles.